The predicted molar refractivity (Wildman–Crippen MR) is 49.2 cm³/mol. The summed E-state index contributed by atoms with van der Waals surface area (Å²) in [6, 6.07) is 0. The maximum absolute atomic E-state index is 13.3. The number of nitrogens with one attached hydrogen (secondary N) is 1. The lowest BCUT2D eigenvalue weighted by atomic mass is 10.3. The molecular formula is C9H10F3N3. The van der Waals surface area contributed by atoms with Gasteiger partial charge in [0.2, 0.25) is 5.82 Å². The molecule has 1 N–H and O–H groups in total. The maximum Gasteiger partial charge on any atom is 0.204 e. The Balaban J connectivity index is 2.31. The van der Waals surface area contributed by atoms with Gasteiger partial charge in [-0.05, 0) is 0 Å². The van der Waals surface area contributed by atoms with Gasteiger partial charge in [0.15, 0.2) is 17.5 Å². The summed E-state index contributed by atoms with van der Waals surface area (Å²) in [5, 5.41) is 3.07. The van der Waals surface area contributed by atoms with E-state index >= 15 is 0 Å². The third kappa shape index (κ3) is 1.90. The van der Waals surface area contributed by atoms with Crippen LogP contribution < -0.4 is 10.2 Å². The second-order valence-corrected chi connectivity index (χ2v) is 3.29. The van der Waals surface area contributed by atoms with Gasteiger partial charge in [-0.25, -0.2) is 13.8 Å². The standard InChI is InChI=1S/C9H10F3N3/c10-6-5-14-9(8(12)7(6)11)15-3-1-13-2-4-15/h5,13H,1-4H2. The van der Waals surface area contributed by atoms with E-state index in [1.165, 1.54) is 0 Å². The monoisotopic (exact) mass is 217 g/mol. The van der Waals surface area contributed by atoms with Crippen molar-refractivity contribution in [3.63, 3.8) is 0 Å². The van der Waals surface area contributed by atoms with Crippen molar-refractivity contribution in [2.75, 3.05) is 31.1 Å². The van der Waals surface area contributed by atoms with E-state index in [0.29, 0.717) is 32.4 Å². The SMILES string of the molecule is Fc1cnc(N2CCNCC2)c(F)c1F. The third-order valence-corrected chi connectivity index (χ3v) is 2.32. The minimum atomic E-state index is -1.46. The number of hydrogen-bond donors (Lipinski definition) is 1. The fourth-order valence-corrected chi connectivity index (χ4v) is 1.53. The van der Waals surface area contributed by atoms with Crippen LogP contribution in [0.5, 0.6) is 0 Å². The summed E-state index contributed by atoms with van der Waals surface area (Å²) in [4.78, 5) is 5.16. The number of nitrogens with zero attached hydrogens (tertiary/aromatic N) is 2. The molecule has 1 aliphatic heterocycles. The fourth-order valence-electron chi connectivity index (χ4n) is 1.53. The average molecular weight is 217 g/mol. The highest BCUT2D eigenvalue weighted by atomic mass is 19.2. The first-order valence-electron chi connectivity index (χ1n) is 4.65. The van der Waals surface area contributed by atoms with Gasteiger partial charge in [-0.15, -0.1) is 0 Å². The molecule has 0 amide bonds. The van der Waals surface area contributed by atoms with Gasteiger partial charge in [-0.3, -0.25) is 0 Å². The smallest absolute Gasteiger partial charge is 0.204 e. The first kappa shape index (κ1) is 10.2. The molecule has 2 rings (SSSR count). The van der Waals surface area contributed by atoms with Crippen molar-refractivity contribution in [3.8, 4) is 0 Å². The van der Waals surface area contributed by atoms with Crippen molar-refractivity contribution in [3.05, 3.63) is 23.6 Å². The number of pyridine rings is 1. The highest BCUT2D eigenvalue weighted by Crippen LogP contribution is 2.20. The van der Waals surface area contributed by atoms with E-state index in [1.807, 2.05) is 0 Å². The molecule has 6 heteroatoms. The van der Waals surface area contributed by atoms with Crippen LogP contribution in [0.25, 0.3) is 0 Å². The van der Waals surface area contributed by atoms with Crippen molar-refractivity contribution in [2.45, 2.75) is 0 Å². The maximum atomic E-state index is 13.3. The van der Waals surface area contributed by atoms with E-state index in [4.69, 9.17) is 0 Å². The number of anilines is 1. The van der Waals surface area contributed by atoms with Gasteiger partial charge >= 0.3 is 0 Å². The quantitative estimate of drug-likeness (QED) is 0.757. The summed E-state index contributed by atoms with van der Waals surface area (Å²) in [7, 11) is 0. The lowest BCUT2D eigenvalue weighted by Gasteiger charge is -2.28. The Morgan fingerprint density at radius 1 is 1.13 bits per heavy atom. The summed E-state index contributed by atoms with van der Waals surface area (Å²) in [6.45, 7) is 2.43. The van der Waals surface area contributed by atoms with E-state index in [9.17, 15) is 13.2 Å². The molecule has 2 heterocycles. The second kappa shape index (κ2) is 4.06. The molecule has 0 bridgehead atoms. The lowest BCUT2D eigenvalue weighted by molar-refractivity contribution is 0.437. The molecule has 0 aromatic carbocycles. The summed E-state index contributed by atoms with van der Waals surface area (Å²) in [5.41, 5.74) is 0. The summed E-state index contributed by atoms with van der Waals surface area (Å²) in [6.07, 6.45) is 0.704. The van der Waals surface area contributed by atoms with Crippen molar-refractivity contribution in [2.24, 2.45) is 0 Å². The highest BCUT2D eigenvalue weighted by molar-refractivity contribution is 5.41. The Morgan fingerprint density at radius 2 is 1.80 bits per heavy atom. The van der Waals surface area contributed by atoms with Crippen LogP contribution in [0.4, 0.5) is 19.0 Å². The van der Waals surface area contributed by atoms with Gasteiger partial charge in [-0.1, -0.05) is 0 Å². The Kier molecular flexibility index (Phi) is 2.77. The first-order chi connectivity index (χ1) is 7.20. The van der Waals surface area contributed by atoms with Gasteiger partial charge in [0, 0.05) is 26.2 Å². The predicted octanol–water partition coefficient (Wildman–Crippen LogP) is 0.908. The zero-order valence-corrected chi connectivity index (χ0v) is 7.93. The second-order valence-electron chi connectivity index (χ2n) is 3.29. The minimum Gasteiger partial charge on any atom is -0.352 e. The van der Waals surface area contributed by atoms with Crippen molar-refractivity contribution in [1.29, 1.82) is 0 Å². The topological polar surface area (TPSA) is 28.2 Å². The van der Waals surface area contributed by atoms with Crippen LogP contribution in [0.15, 0.2) is 6.20 Å². The van der Waals surface area contributed by atoms with E-state index in [-0.39, 0.29) is 5.82 Å². The number of hydrogen-bond acceptors (Lipinski definition) is 3. The van der Waals surface area contributed by atoms with Crippen LogP contribution in [0, 0.1) is 17.5 Å². The van der Waals surface area contributed by atoms with E-state index in [1.54, 1.807) is 4.90 Å². The molecule has 1 saturated heterocycles. The van der Waals surface area contributed by atoms with Crippen molar-refractivity contribution in [1.82, 2.24) is 10.3 Å². The van der Waals surface area contributed by atoms with Crippen LogP contribution in [0.1, 0.15) is 0 Å². The first-order valence-corrected chi connectivity index (χ1v) is 4.65. The highest BCUT2D eigenvalue weighted by Gasteiger charge is 2.20. The normalized spacial score (nSPS) is 16.9. The minimum absolute atomic E-state index is 0.115. The van der Waals surface area contributed by atoms with Gasteiger partial charge in [0.25, 0.3) is 0 Å². The Hall–Kier alpha value is -1.30. The molecule has 82 valence electrons. The number of rotatable bonds is 1. The van der Waals surface area contributed by atoms with Crippen LogP contribution >= 0.6 is 0 Å². The van der Waals surface area contributed by atoms with E-state index < -0.39 is 17.5 Å². The zero-order valence-electron chi connectivity index (χ0n) is 7.93. The Bertz CT molecular complexity index is 364. The molecule has 0 unspecified atom stereocenters. The van der Waals surface area contributed by atoms with Gasteiger partial charge < -0.3 is 10.2 Å². The summed E-state index contributed by atoms with van der Waals surface area (Å²) < 4.78 is 38.8. The number of aromatic nitrogens is 1. The molecule has 0 atom stereocenters. The van der Waals surface area contributed by atoms with Crippen LogP contribution in [-0.2, 0) is 0 Å². The van der Waals surface area contributed by atoms with E-state index in [0.717, 1.165) is 0 Å². The fraction of sp³-hybridized carbons (Fsp3) is 0.444. The molecule has 1 aliphatic rings. The molecule has 0 spiro atoms. The number of halogens is 3. The molecule has 1 aromatic heterocycles. The van der Waals surface area contributed by atoms with Crippen LogP contribution in [-0.4, -0.2) is 31.2 Å². The van der Waals surface area contributed by atoms with Crippen LogP contribution in [0.3, 0.4) is 0 Å². The molecule has 0 radical (unpaired) electrons. The third-order valence-electron chi connectivity index (χ3n) is 2.32. The molecule has 15 heavy (non-hydrogen) atoms. The molecule has 0 aliphatic carbocycles. The Labute approximate surface area is 84.9 Å². The van der Waals surface area contributed by atoms with Crippen molar-refractivity contribution < 1.29 is 13.2 Å². The lowest BCUT2D eigenvalue weighted by Crippen LogP contribution is -2.44. The van der Waals surface area contributed by atoms with E-state index in [2.05, 4.69) is 10.3 Å². The van der Waals surface area contributed by atoms with Gasteiger partial charge in [-0.2, -0.15) is 4.39 Å². The molecule has 1 fully saturated rings. The summed E-state index contributed by atoms with van der Waals surface area (Å²) >= 11 is 0. The summed E-state index contributed by atoms with van der Waals surface area (Å²) in [5.74, 6) is -4.04. The molecule has 0 saturated carbocycles. The Morgan fingerprint density at radius 3 is 2.47 bits per heavy atom. The largest absolute Gasteiger partial charge is 0.352 e. The molecular weight excluding hydrogens is 207 g/mol. The number of piperazine rings is 1. The van der Waals surface area contributed by atoms with Crippen LogP contribution in [0.2, 0.25) is 0 Å². The molecule has 3 nitrogen and oxygen atoms in total. The molecule has 1 aromatic rings. The van der Waals surface area contributed by atoms with Gasteiger partial charge in [0.05, 0.1) is 6.20 Å². The average Bonchev–Trinajstić information content (AvgIpc) is 2.27. The van der Waals surface area contributed by atoms with Gasteiger partial charge in [0.1, 0.15) is 0 Å². The van der Waals surface area contributed by atoms with Crippen molar-refractivity contribution >= 4 is 5.82 Å². The zero-order chi connectivity index (χ0) is 10.8.